The van der Waals surface area contributed by atoms with Gasteiger partial charge in [0, 0.05) is 19.8 Å². The van der Waals surface area contributed by atoms with E-state index in [4.69, 9.17) is 9.47 Å². The van der Waals surface area contributed by atoms with Crippen molar-refractivity contribution in [1.29, 1.82) is 0 Å². The van der Waals surface area contributed by atoms with Gasteiger partial charge in [-0.25, -0.2) is 0 Å². The zero-order valence-corrected chi connectivity index (χ0v) is 9.64. The van der Waals surface area contributed by atoms with Crippen LogP contribution in [0.2, 0.25) is 0 Å². The lowest BCUT2D eigenvalue weighted by Crippen LogP contribution is -2.29. The SMILES string of the molecule is COC(C)(C)CCOC[C@@H]1CCCN1. The molecule has 3 heteroatoms. The van der Waals surface area contributed by atoms with E-state index in [2.05, 4.69) is 19.2 Å². The van der Waals surface area contributed by atoms with E-state index in [-0.39, 0.29) is 5.60 Å². The summed E-state index contributed by atoms with van der Waals surface area (Å²) >= 11 is 0. The molecule has 0 aromatic carbocycles. The highest BCUT2D eigenvalue weighted by Crippen LogP contribution is 2.13. The van der Waals surface area contributed by atoms with Crippen molar-refractivity contribution in [2.75, 3.05) is 26.9 Å². The Morgan fingerprint density at radius 2 is 2.21 bits per heavy atom. The molecule has 0 aromatic rings. The predicted molar refractivity (Wildman–Crippen MR) is 57.5 cm³/mol. The lowest BCUT2D eigenvalue weighted by Gasteiger charge is -2.22. The molecule has 0 unspecified atom stereocenters. The van der Waals surface area contributed by atoms with Crippen molar-refractivity contribution in [3.63, 3.8) is 0 Å². The van der Waals surface area contributed by atoms with Gasteiger partial charge in [-0.05, 0) is 39.7 Å². The van der Waals surface area contributed by atoms with Crippen molar-refractivity contribution in [3.05, 3.63) is 0 Å². The van der Waals surface area contributed by atoms with E-state index in [1.54, 1.807) is 7.11 Å². The first-order valence-electron chi connectivity index (χ1n) is 5.50. The minimum atomic E-state index is -0.0525. The molecule has 1 fully saturated rings. The average molecular weight is 201 g/mol. The minimum absolute atomic E-state index is 0.0525. The molecule has 0 bridgehead atoms. The van der Waals surface area contributed by atoms with Gasteiger partial charge in [-0.2, -0.15) is 0 Å². The zero-order valence-electron chi connectivity index (χ0n) is 9.64. The van der Waals surface area contributed by atoms with Gasteiger partial charge in [0.25, 0.3) is 0 Å². The van der Waals surface area contributed by atoms with Crippen molar-refractivity contribution in [3.8, 4) is 0 Å². The van der Waals surface area contributed by atoms with Crippen LogP contribution in [0.25, 0.3) is 0 Å². The van der Waals surface area contributed by atoms with Crippen LogP contribution in [0.1, 0.15) is 33.1 Å². The summed E-state index contributed by atoms with van der Waals surface area (Å²) in [5, 5.41) is 3.41. The Labute approximate surface area is 87.2 Å². The Bertz CT molecular complexity index is 153. The fraction of sp³-hybridized carbons (Fsp3) is 1.00. The van der Waals surface area contributed by atoms with E-state index in [1.807, 2.05) is 0 Å². The molecule has 1 heterocycles. The van der Waals surface area contributed by atoms with Gasteiger partial charge in [0.05, 0.1) is 12.2 Å². The number of hydrogen-bond donors (Lipinski definition) is 1. The summed E-state index contributed by atoms with van der Waals surface area (Å²) in [7, 11) is 1.75. The molecule has 0 aromatic heterocycles. The molecule has 0 aliphatic carbocycles. The maximum Gasteiger partial charge on any atom is 0.0644 e. The second kappa shape index (κ2) is 5.69. The summed E-state index contributed by atoms with van der Waals surface area (Å²) in [5.41, 5.74) is -0.0525. The standard InChI is InChI=1S/C11H23NO2/c1-11(2,13-3)6-8-14-9-10-5-4-7-12-10/h10,12H,4-9H2,1-3H3/t10-/m0/s1. The number of rotatable bonds is 6. The Kier molecular flexibility index (Phi) is 4.85. The molecule has 1 aliphatic heterocycles. The Hall–Kier alpha value is -0.120. The molecule has 1 atom stereocenters. The van der Waals surface area contributed by atoms with Crippen molar-refractivity contribution in [1.82, 2.24) is 5.32 Å². The molecular weight excluding hydrogens is 178 g/mol. The summed E-state index contributed by atoms with van der Waals surface area (Å²) in [4.78, 5) is 0. The number of methoxy groups -OCH3 is 1. The highest BCUT2D eigenvalue weighted by molar-refractivity contribution is 4.73. The number of ether oxygens (including phenoxy) is 2. The summed E-state index contributed by atoms with van der Waals surface area (Å²) in [6, 6.07) is 0.584. The number of nitrogens with one attached hydrogen (secondary N) is 1. The topological polar surface area (TPSA) is 30.5 Å². The van der Waals surface area contributed by atoms with Gasteiger partial charge in [0.15, 0.2) is 0 Å². The molecule has 84 valence electrons. The third kappa shape index (κ3) is 4.40. The van der Waals surface area contributed by atoms with Crippen LogP contribution in [0.4, 0.5) is 0 Å². The smallest absolute Gasteiger partial charge is 0.0644 e. The highest BCUT2D eigenvalue weighted by atomic mass is 16.5. The highest BCUT2D eigenvalue weighted by Gasteiger charge is 2.17. The molecule has 0 radical (unpaired) electrons. The van der Waals surface area contributed by atoms with Gasteiger partial charge in [-0.1, -0.05) is 0 Å². The van der Waals surface area contributed by atoms with E-state index in [1.165, 1.54) is 12.8 Å². The number of hydrogen-bond acceptors (Lipinski definition) is 3. The molecule has 14 heavy (non-hydrogen) atoms. The second-order valence-corrected chi connectivity index (χ2v) is 4.58. The van der Waals surface area contributed by atoms with Crippen LogP contribution in [0.15, 0.2) is 0 Å². The fourth-order valence-corrected chi connectivity index (χ4v) is 1.54. The van der Waals surface area contributed by atoms with Gasteiger partial charge in [-0.15, -0.1) is 0 Å². The van der Waals surface area contributed by atoms with Gasteiger partial charge in [0.1, 0.15) is 0 Å². The average Bonchev–Trinajstić information content (AvgIpc) is 2.65. The van der Waals surface area contributed by atoms with Gasteiger partial charge >= 0.3 is 0 Å². The van der Waals surface area contributed by atoms with Gasteiger partial charge < -0.3 is 14.8 Å². The summed E-state index contributed by atoms with van der Waals surface area (Å²) in [6.07, 6.45) is 3.50. The molecule has 1 saturated heterocycles. The van der Waals surface area contributed by atoms with Crippen molar-refractivity contribution >= 4 is 0 Å². The van der Waals surface area contributed by atoms with E-state index in [0.717, 1.165) is 26.2 Å². The van der Waals surface area contributed by atoms with E-state index < -0.39 is 0 Å². The van der Waals surface area contributed by atoms with Crippen LogP contribution in [-0.4, -0.2) is 38.5 Å². The maximum absolute atomic E-state index is 5.61. The molecule has 0 saturated carbocycles. The van der Waals surface area contributed by atoms with Crippen LogP contribution < -0.4 is 5.32 Å². The normalized spacial score (nSPS) is 22.9. The third-order valence-corrected chi connectivity index (χ3v) is 2.88. The molecular formula is C11H23NO2. The Morgan fingerprint density at radius 1 is 1.43 bits per heavy atom. The van der Waals surface area contributed by atoms with E-state index >= 15 is 0 Å². The minimum Gasteiger partial charge on any atom is -0.380 e. The molecule has 3 nitrogen and oxygen atoms in total. The van der Waals surface area contributed by atoms with E-state index in [9.17, 15) is 0 Å². The van der Waals surface area contributed by atoms with Crippen LogP contribution in [0, 0.1) is 0 Å². The van der Waals surface area contributed by atoms with Crippen molar-refractivity contribution < 1.29 is 9.47 Å². The monoisotopic (exact) mass is 201 g/mol. The predicted octanol–water partition coefficient (Wildman–Crippen LogP) is 1.57. The van der Waals surface area contributed by atoms with Crippen LogP contribution >= 0.6 is 0 Å². The van der Waals surface area contributed by atoms with Crippen molar-refractivity contribution in [2.24, 2.45) is 0 Å². The molecule has 0 amide bonds. The van der Waals surface area contributed by atoms with E-state index in [0.29, 0.717) is 6.04 Å². The Balaban J connectivity index is 1.98. The third-order valence-electron chi connectivity index (χ3n) is 2.88. The molecule has 1 rings (SSSR count). The first-order chi connectivity index (χ1) is 6.64. The lowest BCUT2D eigenvalue weighted by molar-refractivity contribution is -0.0118. The summed E-state index contributed by atoms with van der Waals surface area (Å²) in [5.74, 6) is 0. The Morgan fingerprint density at radius 3 is 2.79 bits per heavy atom. The fourth-order valence-electron chi connectivity index (χ4n) is 1.54. The largest absolute Gasteiger partial charge is 0.380 e. The van der Waals surface area contributed by atoms with Gasteiger partial charge in [0.2, 0.25) is 0 Å². The van der Waals surface area contributed by atoms with Crippen molar-refractivity contribution in [2.45, 2.75) is 44.8 Å². The maximum atomic E-state index is 5.61. The van der Waals surface area contributed by atoms with Crippen LogP contribution in [0.5, 0.6) is 0 Å². The molecule has 0 spiro atoms. The van der Waals surface area contributed by atoms with Crippen LogP contribution in [0.3, 0.4) is 0 Å². The molecule has 1 aliphatic rings. The lowest BCUT2D eigenvalue weighted by atomic mass is 10.1. The van der Waals surface area contributed by atoms with Gasteiger partial charge in [-0.3, -0.25) is 0 Å². The van der Waals surface area contributed by atoms with Crippen LogP contribution in [-0.2, 0) is 9.47 Å². The first kappa shape index (κ1) is 12.0. The molecule has 1 N–H and O–H groups in total. The quantitative estimate of drug-likeness (QED) is 0.662. The summed E-state index contributed by atoms with van der Waals surface area (Å²) < 4.78 is 10.9. The first-order valence-corrected chi connectivity index (χ1v) is 5.50. The second-order valence-electron chi connectivity index (χ2n) is 4.58. The summed E-state index contributed by atoms with van der Waals surface area (Å²) in [6.45, 7) is 6.96. The zero-order chi connectivity index (χ0) is 10.4.